The quantitative estimate of drug-likeness (QED) is 0.543. The zero-order valence-electron chi connectivity index (χ0n) is 6.38. The second-order valence-corrected chi connectivity index (χ2v) is 3.18. The molecule has 1 rings (SSSR count). The summed E-state index contributed by atoms with van der Waals surface area (Å²) in [6, 6.07) is 0. The van der Waals surface area contributed by atoms with E-state index >= 15 is 0 Å². The molecule has 1 saturated carbocycles. The number of terminal acetylenes is 1. The molecule has 3 atom stereocenters. The van der Waals surface area contributed by atoms with Crippen molar-refractivity contribution in [2.75, 3.05) is 0 Å². The molecule has 1 aliphatic rings. The van der Waals surface area contributed by atoms with E-state index in [9.17, 15) is 5.11 Å². The van der Waals surface area contributed by atoms with Gasteiger partial charge in [-0.25, -0.2) is 0 Å². The molecule has 0 amide bonds. The fraction of sp³-hybridized carbons (Fsp3) is 0.778. The van der Waals surface area contributed by atoms with E-state index in [1.54, 1.807) is 0 Å². The van der Waals surface area contributed by atoms with Gasteiger partial charge in [-0.3, -0.25) is 0 Å². The Morgan fingerprint density at radius 3 is 2.70 bits per heavy atom. The van der Waals surface area contributed by atoms with Gasteiger partial charge in [-0.15, -0.1) is 6.42 Å². The van der Waals surface area contributed by atoms with Crippen LogP contribution in [0.3, 0.4) is 0 Å². The Kier molecular flexibility index (Phi) is 2.34. The van der Waals surface area contributed by atoms with Gasteiger partial charge < -0.3 is 5.11 Å². The van der Waals surface area contributed by atoms with Crippen molar-refractivity contribution in [3.8, 4) is 12.3 Å². The highest BCUT2D eigenvalue weighted by Gasteiger charge is 2.28. The molecular weight excluding hydrogens is 124 g/mol. The van der Waals surface area contributed by atoms with E-state index in [4.69, 9.17) is 6.42 Å². The molecule has 56 valence electrons. The minimum absolute atomic E-state index is 0.366. The first-order chi connectivity index (χ1) is 4.75. The highest BCUT2D eigenvalue weighted by atomic mass is 16.3. The van der Waals surface area contributed by atoms with Gasteiger partial charge in [-0.05, 0) is 18.3 Å². The lowest BCUT2D eigenvalue weighted by Gasteiger charge is -2.16. The van der Waals surface area contributed by atoms with Crippen LogP contribution in [0.15, 0.2) is 0 Å². The molecule has 1 aliphatic carbocycles. The van der Waals surface area contributed by atoms with Gasteiger partial charge in [0.15, 0.2) is 0 Å². The second-order valence-electron chi connectivity index (χ2n) is 3.18. The number of hydrogen-bond donors (Lipinski definition) is 1. The highest BCUT2D eigenvalue weighted by molar-refractivity contribution is 4.99. The number of aliphatic hydroxyl groups is 1. The standard InChI is InChI=1S/C9H14O/c1-3-9(10)8-6-4-5-7(8)2/h1,7-10H,4-6H2,2H3/t7?,8?,9-/m0/s1. The fourth-order valence-corrected chi connectivity index (χ4v) is 1.77. The molecule has 0 aromatic heterocycles. The summed E-state index contributed by atoms with van der Waals surface area (Å²) < 4.78 is 0. The van der Waals surface area contributed by atoms with Crippen LogP contribution in [0.2, 0.25) is 0 Å². The third kappa shape index (κ3) is 1.33. The lowest BCUT2D eigenvalue weighted by molar-refractivity contribution is 0.140. The van der Waals surface area contributed by atoms with Crippen LogP contribution in [0.1, 0.15) is 26.2 Å². The molecule has 0 radical (unpaired) electrons. The third-order valence-electron chi connectivity index (χ3n) is 2.50. The smallest absolute Gasteiger partial charge is 0.117 e. The van der Waals surface area contributed by atoms with E-state index in [-0.39, 0.29) is 0 Å². The van der Waals surface area contributed by atoms with Crippen molar-refractivity contribution >= 4 is 0 Å². The first-order valence-electron chi connectivity index (χ1n) is 3.90. The molecule has 0 spiro atoms. The van der Waals surface area contributed by atoms with Crippen molar-refractivity contribution in [3.63, 3.8) is 0 Å². The molecule has 0 bridgehead atoms. The van der Waals surface area contributed by atoms with Crippen molar-refractivity contribution in [3.05, 3.63) is 0 Å². The largest absolute Gasteiger partial charge is 0.380 e. The zero-order valence-corrected chi connectivity index (χ0v) is 6.38. The molecule has 0 aromatic carbocycles. The Morgan fingerprint density at radius 1 is 1.60 bits per heavy atom. The summed E-state index contributed by atoms with van der Waals surface area (Å²) in [6.07, 6.45) is 8.17. The first-order valence-corrected chi connectivity index (χ1v) is 3.90. The lowest BCUT2D eigenvalue weighted by atomic mass is 9.93. The maximum Gasteiger partial charge on any atom is 0.117 e. The van der Waals surface area contributed by atoms with Gasteiger partial charge in [-0.1, -0.05) is 25.7 Å². The zero-order chi connectivity index (χ0) is 7.56. The molecule has 1 heteroatoms. The van der Waals surface area contributed by atoms with Crippen molar-refractivity contribution in [2.24, 2.45) is 11.8 Å². The molecule has 1 fully saturated rings. The van der Waals surface area contributed by atoms with Crippen LogP contribution in [-0.4, -0.2) is 11.2 Å². The molecule has 0 aromatic rings. The van der Waals surface area contributed by atoms with E-state index < -0.39 is 6.10 Å². The third-order valence-corrected chi connectivity index (χ3v) is 2.50. The van der Waals surface area contributed by atoms with Crippen molar-refractivity contribution in [1.82, 2.24) is 0 Å². The van der Waals surface area contributed by atoms with Crippen LogP contribution in [0.25, 0.3) is 0 Å². The summed E-state index contributed by atoms with van der Waals surface area (Å²) >= 11 is 0. The molecule has 1 nitrogen and oxygen atoms in total. The Hall–Kier alpha value is -0.480. The van der Waals surface area contributed by atoms with Gasteiger partial charge in [0.05, 0.1) is 0 Å². The summed E-state index contributed by atoms with van der Waals surface area (Å²) in [5, 5.41) is 9.29. The van der Waals surface area contributed by atoms with Crippen LogP contribution in [0.4, 0.5) is 0 Å². The molecule has 0 heterocycles. The molecule has 1 N–H and O–H groups in total. The van der Waals surface area contributed by atoms with E-state index in [1.807, 2.05) is 0 Å². The Balaban J connectivity index is 2.48. The summed E-state index contributed by atoms with van der Waals surface area (Å²) in [4.78, 5) is 0. The van der Waals surface area contributed by atoms with Gasteiger partial charge in [-0.2, -0.15) is 0 Å². The molecular formula is C9H14O. The van der Waals surface area contributed by atoms with Gasteiger partial charge in [0.2, 0.25) is 0 Å². The second kappa shape index (κ2) is 3.07. The molecule has 0 aliphatic heterocycles. The lowest BCUT2D eigenvalue weighted by Crippen LogP contribution is -2.20. The van der Waals surface area contributed by atoms with Crippen molar-refractivity contribution in [2.45, 2.75) is 32.3 Å². The SMILES string of the molecule is C#C[C@H](O)C1CCCC1C. The average molecular weight is 138 g/mol. The van der Waals surface area contributed by atoms with Gasteiger partial charge in [0.25, 0.3) is 0 Å². The number of hydrogen-bond acceptors (Lipinski definition) is 1. The first kappa shape index (κ1) is 7.63. The minimum atomic E-state index is -0.502. The van der Waals surface area contributed by atoms with E-state index in [0.29, 0.717) is 11.8 Å². The summed E-state index contributed by atoms with van der Waals surface area (Å²) in [6.45, 7) is 2.16. The number of aliphatic hydroxyl groups excluding tert-OH is 1. The molecule has 2 unspecified atom stereocenters. The predicted molar refractivity (Wildman–Crippen MR) is 41.3 cm³/mol. The Labute approximate surface area is 62.4 Å². The Bertz CT molecular complexity index is 145. The van der Waals surface area contributed by atoms with Crippen LogP contribution in [0, 0.1) is 24.2 Å². The van der Waals surface area contributed by atoms with Crippen LogP contribution < -0.4 is 0 Å². The maximum absolute atomic E-state index is 9.29. The van der Waals surface area contributed by atoms with Gasteiger partial charge in [0, 0.05) is 0 Å². The van der Waals surface area contributed by atoms with Gasteiger partial charge >= 0.3 is 0 Å². The molecule has 10 heavy (non-hydrogen) atoms. The topological polar surface area (TPSA) is 20.2 Å². The summed E-state index contributed by atoms with van der Waals surface area (Å²) in [7, 11) is 0. The maximum atomic E-state index is 9.29. The average Bonchev–Trinajstić information content (AvgIpc) is 2.34. The highest BCUT2D eigenvalue weighted by Crippen LogP contribution is 2.33. The summed E-state index contributed by atoms with van der Waals surface area (Å²) in [5.41, 5.74) is 0. The predicted octanol–water partition coefficient (Wildman–Crippen LogP) is 1.42. The van der Waals surface area contributed by atoms with Crippen LogP contribution in [0.5, 0.6) is 0 Å². The monoisotopic (exact) mass is 138 g/mol. The Morgan fingerprint density at radius 2 is 2.30 bits per heavy atom. The van der Waals surface area contributed by atoms with Gasteiger partial charge in [0.1, 0.15) is 6.10 Å². The van der Waals surface area contributed by atoms with Crippen LogP contribution in [-0.2, 0) is 0 Å². The minimum Gasteiger partial charge on any atom is -0.380 e. The van der Waals surface area contributed by atoms with E-state index in [0.717, 1.165) is 6.42 Å². The van der Waals surface area contributed by atoms with Crippen molar-refractivity contribution in [1.29, 1.82) is 0 Å². The fourth-order valence-electron chi connectivity index (χ4n) is 1.77. The normalized spacial score (nSPS) is 35.3. The van der Waals surface area contributed by atoms with Crippen molar-refractivity contribution < 1.29 is 5.11 Å². The number of rotatable bonds is 1. The van der Waals surface area contributed by atoms with Crippen LogP contribution >= 0.6 is 0 Å². The van der Waals surface area contributed by atoms with E-state index in [2.05, 4.69) is 12.8 Å². The molecule has 0 saturated heterocycles. The summed E-state index contributed by atoms with van der Waals surface area (Å²) in [5.74, 6) is 3.38. The van der Waals surface area contributed by atoms with E-state index in [1.165, 1.54) is 12.8 Å².